The molecule has 0 spiro atoms. The zero-order valence-corrected chi connectivity index (χ0v) is 16.7. The van der Waals surface area contributed by atoms with Crippen LogP contribution in [-0.2, 0) is 22.4 Å². The van der Waals surface area contributed by atoms with Gasteiger partial charge < -0.3 is 15.4 Å². The Bertz CT molecular complexity index is 747. The maximum atomic E-state index is 12.3. The lowest BCUT2D eigenvalue weighted by atomic mass is 9.89. The molecule has 6 heteroatoms. The average molecular weight is 383 g/mol. The van der Waals surface area contributed by atoms with E-state index >= 15 is 0 Å². The molecule has 150 valence electrons. The van der Waals surface area contributed by atoms with Crippen LogP contribution in [0.15, 0.2) is 30.0 Å². The van der Waals surface area contributed by atoms with Crippen LogP contribution in [-0.4, -0.2) is 50.2 Å². The van der Waals surface area contributed by atoms with Crippen molar-refractivity contribution in [3.05, 3.63) is 46.7 Å². The summed E-state index contributed by atoms with van der Waals surface area (Å²) in [5.41, 5.74) is 4.17. The minimum atomic E-state index is -0.332. The van der Waals surface area contributed by atoms with Gasteiger partial charge in [0.05, 0.1) is 13.2 Å². The normalized spacial score (nSPS) is 18.6. The maximum Gasteiger partial charge on any atom is 0.263 e. The summed E-state index contributed by atoms with van der Waals surface area (Å²) in [5.74, 6) is -0.332. The number of amides is 1. The van der Waals surface area contributed by atoms with Gasteiger partial charge in [-0.1, -0.05) is 18.2 Å². The molecule has 0 aromatic heterocycles. The standard InChI is InChI=1S/C22H30N4O2/c1-17(19-7-6-18-4-2-3-5-20(18)14-19)25-16-21(15-23)22(27)24-8-9-26-10-12-28-13-11-26/h6-7,14,16-17,25H,2-5,8-13H2,1H3,(H,24,27)/b21-16-. The third-order valence-electron chi connectivity index (χ3n) is 5.53. The van der Waals surface area contributed by atoms with Gasteiger partial charge in [0.25, 0.3) is 5.91 Å². The average Bonchev–Trinajstić information content (AvgIpc) is 2.74. The minimum absolute atomic E-state index is 0.0386. The lowest BCUT2D eigenvalue weighted by Crippen LogP contribution is -2.41. The monoisotopic (exact) mass is 382 g/mol. The largest absolute Gasteiger partial charge is 0.383 e. The van der Waals surface area contributed by atoms with Crippen molar-refractivity contribution in [2.45, 2.75) is 38.6 Å². The van der Waals surface area contributed by atoms with Gasteiger partial charge in [0.2, 0.25) is 0 Å². The first-order chi connectivity index (χ1) is 13.7. The SMILES string of the molecule is CC(N/C=C(/C#N)C(=O)NCCN1CCOCC1)c1ccc2c(c1)CCCC2. The summed E-state index contributed by atoms with van der Waals surface area (Å²) < 4.78 is 5.31. The molecule has 0 saturated carbocycles. The molecule has 1 aromatic rings. The number of nitriles is 1. The lowest BCUT2D eigenvalue weighted by molar-refractivity contribution is -0.117. The molecule has 3 rings (SSSR count). The highest BCUT2D eigenvalue weighted by atomic mass is 16.5. The Balaban J connectivity index is 1.50. The number of aryl methyl sites for hydroxylation is 2. The topological polar surface area (TPSA) is 77.4 Å². The molecule has 1 unspecified atom stereocenters. The molecule has 1 aromatic carbocycles. The van der Waals surface area contributed by atoms with E-state index in [1.54, 1.807) is 0 Å². The van der Waals surface area contributed by atoms with Gasteiger partial charge in [-0.25, -0.2) is 0 Å². The van der Waals surface area contributed by atoms with E-state index < -0.39 is 0 Å². The number of nitrogens with zero attached hydrogens (tertiary/aromatic N) is 2. The number of fused-ring (bicyclic) bond motifs is 1. The fraction of sp³-hybridized carbons (Fsp3) is 0.545. The first-order valence-corrected chi connectivity index (χ1v) is 10.2. The number of rotatable bonds is 7. The summed E-state index contributed by atoms with van der Waals surface area (Å²) in [4.78, 5) is 14.5. The number of hydrogen-bond acceptors (Lipinski definition) is 5. The van der Waals surface area contributed by atoms with Crippen LogP contribution in [0.1, 0.15) is 42.5 Å². The van der Waals surface area contributed by atoms with Crippen molar-refractivity contribution in [3.8, 4) is 6.07 Å². The summed E-state index contributed by atoms with van der Waals surface area (Å²) in [7, 11) is 0. The Morgan fingerprint density at radius 1 is 1.29 bits per heavy atom. The van der Waals surface area contributed by atoms with Crippen molar-refractivity contribution in [2.75, 3.05) is 39.4 Å². The smallest absolute Gasteiger partial charge is 0.263 e. The summed E-state index contributed by atoms with van der Waals surface area (Å²) in [6.07, 6.45) is 6.37. The molecule has 0 bridgehead atoms. The molecule has 2 N–H and O–H groups in total. The lowest BCUT2D eigenvalue weighted by Gasteiger charge is -2.26. The molecule has 28 heavy (non-hydrogen) atoms. The minimum Gasteiger partial charge on any atom is -0.383 e. The van der Waals surface area contributed by atoms with Crippen molar-refractivity contribution in [2.24, 2.45) is 0 Å². The summed E-state index contributed by atoms with van der Waals surface area (Å²) in [5, 5.41) is 15.4. The number of carbonyl (C=O) groups is 1. The fourth-order valence-corrected chi connectivity index (χ4v) is 3.72. The third-order valence-corrected chi connectivity index (χ3v) is 5.53. The van der Waals surface area contributed by atoms with Crippen molar-refractivity contribution in [3.63, 3.8) is 0 Å². The Labute approximate surface area is 167 Å². The van der Waals surface area contributed by atoms with Crippen LogP contribution in [0.3, 0.4) is 0 Å². The van der Waals surface area contributed by atoms with Crippen LogP contribution in [0.25, 0.3) is 0 Å². The second-order valence-corrected chi connectivity index (χ2v) is 7.50. The van der Waals surface area contributed by atoms with E-state index in [1.807, 2.05) is 13.0 Å². The second kappa shape index (κ2) is 10.3. The number of nitrogens with one attached hydrogen (secondary N) is 2. The fourth-order valence-electron chi connectivity index (χ4n) is 3.72. The van der Waals surface area contributed by atoms with Gasteiger partial charge in [0.15, 0.2) is 0 Å². The van der Waals surface area contributed by atoms with Crippen molar-refractivity contribution in [1.82, 2.24) is 15.5 Å². The summed E-state index contributed by atoms with van der Waals surface area (Å²) >= 11 is 0. The van der Waals surface area contributed by atoms with E-state index in [-0.39, 0.29) is 17.5 Å². The third kappa shape index (κ3) is 5.57. The predicted octanol–water partition coefficient (Wildman–Crippen LogP) is 2.07. The van der Waals surface area contributed by atoms with E-state index in [4.69, 9.17) is 4.74 Å². The second-order valence-electron chi connectivity index (χ2n) is 7.50. The number of hydrogen-bond donors (Lipinski definition) is 2. The van der Waals surface area contributed by atoms with Crippen LogP contribution in [0.4, 0.5) is 0 Å². The Kier molecular flexibility index (Phi) is 7.46. The van der Waals surface area contributed by atoms with E-state index in [1.165, 1.54) is 42.2 Å². The van der Waals surface area contributed by atoms with Crippen LogP contribution in [0.2, 0.25) is 0 Å². The molecule has 6 nitrogen and oxygen atoms in total. The molecule has 1 fully saturated rings. The zero-order chi connectivity index (χ0) is 19.8. The van der Waals surface area contributed by atoms with Crippen molar-refractivity contribution < 1.29 is 9.53 Å². The Morgan fingerprint density at radius 2 is 2.04 bits per heavy atom. The maximum absolute atomic E-state index is 12.3. The summed E-state index contributed by atoms with van der Waals surface area (Å²) in [6, 6.07) is 8.66. The number of morpholine rings is 1. The van der Waals surface area contributed by atoms with Gasteiger partial charge in [-0.15, -0.1) is 0 Å². The van der Waals surface area contributed by atoms with Gasteiger partial charge >= 0.3 is 0 Å². The first-order valence-electron chi connectivity index (χ1n) is 10.2. The molecular formula is C22H30N4O2. The van der Waals surface area contributed by atoms with Crippen molar-refractivity contribution in [1.29, 1.82) is 5.26 Å². The summed E-state index contributed by atoms with van der Waals surface area (Å²) in [6.45, 7) is 6.59. The number of carbonyl (C=O) groups excluding carboxylic acids is 1. The van der Waals surface area contributed by atoms with Gasteiger partial charge in [0, 0.05) is 38.4 Å². The van der Waals surface area contributed by atoms with Gasteiger partial charge in [-0.05, 0) is 49.3 Å². The van der Waals surface area contributed by atoms with E-state index in [0.29, 0.717) is 6.54 Å². The number of benzene rings is 1. The predicted molar refractivity (Wildman–Crippen MR) is 109 cm³/mol. The molecular weight excluding hydrogens is 352 g/mol. The highest BCUT2D eigenvalue weighted by molar-refractivity contribution is 5.97. The molecule has 1 amide bonds. The molecule has 2 aliphatic rings. The highest BCUT2D eigenvalue weighted by Gasteiger charge is 2.14. The van der Waals surface area contributed by atoms with E-state index in [0.717, 1.165) is 39.3 Å². The molecule has 1 atom stereocenters. The van der Waals surface area contributed by atoms with E-state index in [9.17, 15) is 10.1 Å². The van der Waals surface area contributed by atoms with Crippen LogP contribution < -0.4 is 10.6 Å². The Morgan fingerprint density at radius 3 is 2.79 bits per heavy atom. The highest BCUT2D eigenvalue weighted by Crippen LogP contribution is 2.24. The zero-order valence-electron chi connectivity index (χ0n) is 16.7. The van der Waals surface area contributed by atoms with Crippen molar-refractivity contribution >= 4 is 5.91 Å². The quantitative estimate of drug-likeness (QED) is 0.558. The first kappa shape index (κ1) is 20.4. The molecule has 0 radical (unpaired) electrons. The van der Waals surface area contributed by atoms with Gasteiger partial charge in [-0.2, -0.15) is 5.26 Å². The number of ether oxygens (including phenoxy) is 1. The van der Waals surface area contributed by atoms with Crippen LogP contribution >= 0.6 is 0 Å². The Hall–Kier alpha value is -2.36. The van der Waals surface area contributed by atoms with E-state index in [2.05, 4.69) is 33.7 Å². The van der Waals surface area contributed by atoms with Crippen LogP contribution in [0.5, 0.6) is 0 Å². The molecule has 1 aliphatic carbocycles. The van der Waals surface area contributed by atoms with Gasteiger partial charge in [0.1, 0.15) is 11.6 Å². The van der Waals surface area contributed by atoms with Crippen LogP contribution in [0, 0.1) is 11.3 Å². The van der Waals surface area contributed by atoms with Gasteiger partial charge in [-0.3, -0.25) is 9.69 Å². The molecule has 1 heterocycles. The molecule has 1 aliphatic heterocycles. The molecule has 1 saturated heterocycles.